The van der Waals surface area contributed by atoms with Crippen LogP contribution in [0.4, 0.5) is 27.6 Å². The third-order valence-electron chi connectivity index (χ3n) is 6.80. The number of fused-ring (bicyclic) bond motifs is 1. The minimum atomic E-state index is -4.91. The lowest BCUT2D eigenvalue weighted by Gasteiger charge is -2.37. The molecule has 0 radical (unpaired) electrons. The molecule has 14 heteroatoms. The normalized spacial score (nSPS) is 17.8. The van der Waals surface area contributed by atoms with Gasteiger partial charge in [0, 0.05) is 52.0 Å². The van der Waals surface area contributed by atoms with Crippen molar-refractivity contribution < 1.29 is 40.0 Å². The van der Waals surface area contributed by atoms with Crippen LogP contribution in [0.2, 0.25) is 5.02 Å². The van der Waals surface area contributed by atoms with E-state index in [2.05, 4.69) is 10.6 Å². The Morgan fingerprint density at radius 3 is 2.40 bits per heavy atom. The Morgan fingerprint density at radius 2 is 1.75 bits per heavy atom. The fourth-order valence-electron chi connectivity index (χ4n) is 4.76. The minimum Gasteiger partial charge on any atom is -0.341 e. The molecule has 0 bridgehead atoms. The summed E-state index contributed by atoms with van der Waals surface area (Å²) in [6, 6.07) is 6.81. The monoisotopic (exact) mass is 599 g/mol. The van der Waals surface area contributed by atoms with Gasteiger partial charge in [-0.3, -0.25) is 9.59 Å². The molecule has 2 heterocycles. The van der Waals surface area contributed by atoms with Crippen molar-refractivity contribution in [1.29, 1.82) is 0 Å². The topological polar surface area (TPSA) is 95.6 Å². The number of carbonyl (C=O) groups excluding carboxylic acids is 2. The van der Waals surface area contributed by atoms with Crippen LogP contribution < -0.4 is 10.6 Å². The summed E-state index contributed by atoms with van der Waals surface area (Å²) in [5.74, 6) is -3.98. The number of sulfonamides is 1. The molecule has 1 unspecified atom stereocenters. The summed E-state index contributed by atoms with van der Waals surface area (Å²) in [7, 11) is -3.46. The molecular weight excluding hydrogens is 581 g/mol. The lowest BCUT2D eigenvalue weighted by atomic mass is 9.88. The molecule has 2 N–H and O–H groups in total. The first-order valence-electron chi connectivity index (χ1n) is 11.7. The highest BCUT2D eigenvalue weighted by atomic mass is 35.5. The van der Waals surface area contributed by atoms with Gasteiger partial charge in [-0.05, 0) is 54.1 Å². The molecule has 7 nitrogen and oxygen atoms in total. The van der Waals surface area contributed by atoms with E-state index in [0.29, 0.717) is 17.7 Å². The van der Waals surface area contributed by atoms with Crippen molar-refractivity contribution in [3.05, 3.63) is 98.6 Å². The molecule has 40 heavy (non-hydrogen) atoms. The number of rotatable bonds is 5. The van der Waals surface area contributed by atoms with E-state index < -0.39 is 56.8 Å². The predicted molar refractivity (Wildman–Crippen MR) is 136 cm³/mol. The second kappa shape index (κ2) is 9.82. The number of hydrogen-bond acceptors (Lipinski definition) is 4. The minimum absolute atomic E-state index is 0.0168. The third kappa shape index (κ3) is 5.28. The van der Waals surface area contributed by atoms with Gasteiger partial charge >= 0.3 is 6.18 Å². The Hall–Kier alpha value is -3.55. The van der Waals surface area contributed by atoms with Crippen LogP contribution in [0.1, 0.15) is 54.9 Å². The summed E-state index contributed by atoms with van der Waals surface area (Å²) in [6.45, 7) is 0.204. The van der Waals surface area contributed by atoms with Gasteiger partial charge in [0.1, 0.15) is 11.6 Å². The maximum Gasteiger partial charge on any atom is 0.416 e. The van der Waals surface area contributed by atoms with Gasteiger partial charge in [-0.1, -0.05) is 11.6 Å². The van der Waals surface area contributed by atoms with Crippen LogP contribution >= 0.6 is 11.6 Å². The Morgan fingerprint density at radius 1 is 1.05 bits per heavy atom. The Bertz CT molecular complexity index is 1670. The highest BCUT2D eigenvalue weighted by Gasteiger charge is 2.39. The first kappa shape index (κ1) is 28.0. The van der Waals surface area contributed by atoms with Crippen LogP contribution in [0.3, 0.4) is 0 Å². The zero-order valence-corrected chi connectivity index (χ0v) is 22.0. The first-order chi connectivity index (χ1) is 18.6. The van der Waals surface area contributed by atoms with Crippen LogP contribution in [0, 0.1) is 11.6 Å². The van der Waals surface area contributed by atoms with Crippen molar-refractivity contribution in [2.45, 2.75) is 18.1 Å². The molecule has 0 aromatic heterocycles. The number of nitrogens with one attached hydrogen (secondary N) is 2. The summed E-state index contributed by atoms with van der Waals surface area (Å²) in [6.07, 6.45) is -3.86. The SMILES string of the molecule is CS(=O)(=O)N1CC(c2cc(NC(=O)c3cc(F)cc(C(F)(F)F)c3)c3c(c2)C(=O)NC3c2cc(F)ccc2Cl)C1. The molecule has 0 spiro atoms. The molecular formula is C26H19ClF5N3O4S. The number of alkyl halides is 3. The number of benzene rings is 3. The van der Waals surface area contributed by atoms with Gasteiger partial charge in [-0.25, -0.2) is 21.5 Å². The maximum atomic E-state index is 14.1. The fourth-order valence-corrected chi connectivity index (χ4v) is 5.89. The van der Waals surface area contributed by atoms with E-state index in [9.17, 15) is 40.0 Å². The zero-order valence-electron chi connectivity index (χ0n) is 20.4. The molecule has 0 saturated carbocycles. The van der Waals surface area contributed by atoms with Crippen molar-refractivity contribution in [2.24, 2.45) is 0 Å². The zero-order chi connectivity index (χ0) is 29.1. The number of amides is 2. The predicted octanol–water partition coefficient (Wildman–Crippen LogP) is 5.08. The van der Waals surface area contributed by atoms with Gasteiger partial charge in [0.15, 0.2) is 0 Å². The van der Waals surface area contributed by atoms with E-state index in [-0.39, 0.29) is 52.5 Å². The van der Waals surface area contributed by atoms with E-state index in [4.69, 9.17) is 11.6 Å². The molecule has 2 aliphatic heterocycles. The summed E-state index contributed by atoms with van der Waals surface area (Å²) < 4.78 is 92.7. The van der Waals surface area contributed by atoms with Gasteiger partial charge in [-0.15, -0.1) is 0 Å². The summed E-state index contributed by atoms with van der Waals surface area (Å²) >= 11 is 6.28. The molecule has 1 atom stereocenters. The van der Waals surface area contributed by atoms with Gasteiger partial charge in [0.2, 0.25) is 10.0 Å². The van der Waals surface area contributed by atoms with Crippen LogP contribution in [-0.4, -0.2) is 43.9 Å². The van der Waals surface area contributed by atoms with Crippen molar-refractivity contribution in [1.82, 2.24) is 9.62 Å². The molecule has 3 aromatic carbocycles. The number of carbonyl (C=O) groups is 2. The summed E-state index contributed by atoms with van der Waals surface area (Å²) in [4.78, 5) is 26.1. The fraction of sp³-hybridized carbons (Fsp3) is 0.231. The van der Waals surface area contributed by atoms with Crippen LogP contribution in [0.15, 0.2) is 48.5 Å². The number of anilines is 1. The molecule has 2 aliphatic rings. The molecule has 3 aromatic rings. The van der Waals surface area contributed by atoms with Gasteiger partial charge in [-0.2, -0.15) is 13.2 Å². The third-order valence-corrected chi connectivity index (χ3v) is 8.38. The first-order valence-corrected chi connectivity index (χ1v) is 13.9. The van der Waals surface area contributed by atoms with Crippen LogP contribution in [0.5, 0.6) is 0 Å². The van der Waals surface area contributed by atoms with Gasteiger partial charge in [0.25, 0.3) is 11.8 Å². The smallest absolute Gasteiger partial charge is 0.341 e. The Balaban J connectivity index is 1.60. The highest BCUT2D eigenvalue weighted by molar-refractivity contribution is 7.88. The molecule has 1 fully saturated rings. The van der Waals surface area contributed by atoms with Crippen molar-refractivity contribution in [3.63, 3.8) is 0 Å². The molecule has 1 saturated heterocycles. The van der Waals surface area contributed by atoms with Crippen molar-refractivity contribution in [2.75, 3.05) is 24.7 Å². The van der Waals surface area contributed by atoms with Gasteiger partial charge < -0.3 is 10.6 Å². The lowest BCUT2D eigenvalue weighted by Crippen LogP contribution is -2.47. The highest BCUT2D eigenvalue weighted by Crippen LogP contribution is 2.42. The van der Waals surface area contributed by atoms with E-state index in [1.807, 2.05) is 0 Å². The summed E-state index contributed by atoms with van der Waals surface area (Å²) in [5, 5.41) is 5.24. The average molecular weight is 600 g/mol. The maximum absolute atomic E-state index is 14.1. The van der Waals surface area contributed by atoms with E-state index in [1.165, 1.54) is 22.5 Å². The quantitative estimate of drug-likeness (QED) is 0.400. The largest absolute Gasteiger partial charge is 0.416 e. The second-order valence-electron chi connectivity index (χ2n) is 9.56. The number of halogens is 6. The molecule has 5 rings (SSSR count). The number of hydrogen-bond donors (Lipinski definition) is 2. The van der Waals surface area contributed by atoms with E-state index >= 15 is 0 Å². The molecule has 2 amide bonds. The van der Waals surface area contributed by atoms with E-state index in [1.54, 1.807) is 0 Å². The average Bonchev–Trinajstić information content (AvgIpc) is 3.14. The van der Waals surface area contributed by atoms with Crippen LogP contribution in [0.25, 0.3) is 0 Å². The molecule has 210 valence electrons. The van der Waals surface area contributed by atoms with Crippen LogP contribution in [-0.2, 0) is 16.2 Å². The van der Waals surface area contributed by atoms with Gasteiger partial charge in [0.05, 0.1) is 17.9 Å². The van der Waals surface area contributed by atoms with Crippen molar-refractivity contribution in [3.8, 4) is 0 Å². The summed E-state index contributed by atoms with van der Waals surface area (Å²) in [5.41, 5.74) is -1.13. The Kier molecular flexibility index (Phi) is 6.87. The lowest BCUT2D eigenvalue weighted by molar-refractivity contribution is -0.137. The molecule has 0 aliphatic carbocycles. The number of nitrogens with zero attached hydrogens (tertiary/aromatic N) is 1. The Labute approximate surface area is 230 Å². The second-order valence-corrected chi connectivity index (χ2v) is 11.9. The van der Waals surface area contributed by atoms with Crippen molar-refractivity contribution >= 4 is 39.1 Å². The standard InChI is InChI=1S/C26H19ClF5N3O4S/c1-40(38,39)35-10-14(11-35)12-6-19-22(23(34-25(19)37)18-9-16(28)2-3-20(18)27)21(7-12)33-24(36)13-4-15(26(30,31)32)8-17(29)5-13/h2-9,14,23H,10-11H2,1H3,(H,33,36)(H,34,37). The van der Waals surface area contributed by atoms with E-state index in [0.717, 1.165) is 18.4 Å².